The van der Waals surface area contributed by atoms with Crippen molar-refractivity contribution in [2.75, 3.05) is 20.0 Å². The van der Waals surface area contributed by atoms with E-state index in [-0.39, 0.29) is 0 Å². The lowest BCUT2D eigenvalue weighted by Crippen LogP contribution is -2.05. The number of rotatable bonds is 4. The number of methoxy groups -OCH3 is 2. The maximum atomic E-state index is 5.98. The van der Waals surface area contributed by atoms with Gasteiger partial charge in [-0.3, -0.25) is 0 Å². The molecule has 1 aromatic carbocycles. The number of aromatic nitrogens is 2. The van der Waals surface area contributed by atoms with Crippen LogP contribution in [0.4, 0.5) is 5.82 Å². The van der Waals surface area contributed by atoms with Gasteiger partial charge in [0.1, 0.15) is 23.1 Å². The molecule has 5 nitrogen and oxygen atoms in total. The first-order valence-electron chi connectivity index (χ1n) is 6.46. The smallest absolute Gasteiger partial charge is 0.132 e. The molecule has 0 bridgehead atoms. The molecule has 1 aromatic heterocycles. The van der Waals surface area contributed by atoms with E-state index in [1.165, 1.54) is 0 Å². The number of hydrogen-bond acceptors (Lipinski definition) is 5. The van der Waals surface area contributed by atoms with E-state index in [9.17, 15) is 0 Å². The largest absolute Gasteiger partial charge is 0.496 e. The Bertz CT molecular complexity index is 605. The summed E-state index contributed by atoms with van der Waals surface area (Å²) < 4.78 is 10.9. The van der Waals surface area contributed by atoms with Crippen LogP contribution < -0.4 is 15.2 Å². The van der Waals surface area contributed by atoms with Crippen LogP contribution in [-0.2, 0) is 6.42 Å². The molecule has 0 fully saturated rings. The van der Waals surface area contributed by atoms with E-state index in [2.05, 4.69) is 9.97 Å². The third-order valence-corrected chi connectivity index (χ3v) is 3.21. The predicted octanol–water partition coefficient (Wildman–Crippen LogP) is 2.61. The summed E-state index contributed by atoms with van der Waals surface area (Å²) in [6, 6.07) is 5.63. The zero-order valence-electron chi connectivity index (χ0n) is 12.2. The van der Waals surface area contributed by atoms with Crippen LogP contribution in [0.5, 0.6) is 11.5 Å². The van der Waals surface area contributed by atoms with Gasteiger partial charge in [-0.15, -0.1) is 0 Å². The Labute approximate surface area is 118 Å². The Hall–Kier alpha value is -2.30. The van der Waals surface area contributed by atoms with Crippen molar-refractivity contribution in [3.05, 3.63) is 29.6 Å². The summed E-state index contributed by atoms with van der Waals surface area (Å²) in [6.07, 6.45) is 0.717. The molecule has 0 amide bonds. The number of nitrogens with zero attached hydrogens (tertiary/aromatic N) is 2. The average Bonchev–Trinajstić information content (AvgIpc) is 2.49. The maximum absolute atomic E-state index is 5.98. The van der Waals surface area contributed by atoms with Gasteiger partial charge >= 0.3 is 0 Å². The van der Waals surface area contributed by atoms with Gasteiger partial charge < -0.3 is 15.2 Å². The first kappa shape index (κ1) is 14.1. The molecule has 0 atom stereocenters. The molecular weight excluding hydrogens is 254 g/mol. The van der Waals surface area contributed by atoms with Gasteiger partial charge in [0.2, 0.25) is 0 Å². The van der Waals surface area contributed by atoms with E-state index in [0.29, 0.717) is 23.1 Å². The average molecular weight is 273 g/mol. The third-order valence-electron chi connectivity index (χ3n) is 3.21. The fourth-order valence-corrected chi connectivity index (χ4v) is 2.07. The van der Waals surface area contributed by atoms with Crippen LogP contribution in [0.1, 0.15) is 18.3 Å². The summed E-state index contributed by atoms with van der Waals surface area (Å²) in [5, 5.41) is 0. The van der Waals surface area contributed by atoms with Crippen LogP contribution in [0.25, 0.3) is 11.3 Å². The fourth-order valence-electron chi connectivity index (χ4n) is 2.07. The fraction of sp³-hybridized carbons (Fsp3) is 0.333. The second kappa shape index (κ2) is 5.77. The Morgan fingerprint density at radius 1 is 1.10 bits per heavy atom. The molecule has 0 unspecified atom stereocenters. The number of hydrogen-bond donors (Lipinski definition) is 1. The molecule has 0 radical (unpaired) electrons. The summed E-state index contributed by atoms with van der Waals surface area (Å²) >= 11 is 0. The molecule has 5 heteroatoms. The van der Waals surface area contributed by atoms with E-state index in [1.807, 2.05) is 32.0 Å². The second-order valence-corrected chi connectivity index (χ2v) is 4.39. The molecule has 0 spiro atoms. The van der Waals surface area contributed by atoms with Crippen molar-refractivity contribution in [1.82, 2.24) is 9.97 Å². The van der Waals surface area contributed by atoms with Crippen molar-refractivity contribution in [3.8, 4) is 22.8 Å². The zero-order valence-corrected chi connectivity index (χ0v) is 12.2. The van der Waals surface area contributed by atoms with Crippen LogP contribution in [0.3, 0.4) is 0 Å². The van der Waals surface area contributed by atoms with E-state index >= 15 is 0 Å². The topological polar surface area (TPSA) is 70.3 Å². The highest BCUT2D eigenvalue weighted by atomic mass is 16.5. The Balaban J connectivity index is 2.76. The van der Waals surface area contributed by atoms with E-state index < -0.39 is 0 Å². The summed E-state index contributed by atoms with van der Waals surface area (Å²) in [7, 11) is 3.25. The first-order chi connectivity index (χ1) is 9.62. The summed E-state index contributed by atoms with van der Waals surface area (Å²) in [5.41, 5.74) is 8.37. The highest BCUT2D eigenvalue weighted by Crippen LogP contribution is 2.39. The van der Waals surface area contributed by atoms with Crippen molar-refractivity contribution in [2.45, 2.75) is 20.3 Å². The molecule has 2 N–H and O–H groups in total. The minimum atomic E-state index is 0.486. The number of anilines is 1. The van der Waals surface area contributed by atoms with Crippen LogP contribution in [0, 0.1) is 6.92 Å². The standard InChI is InChI=1S/C15H19N3O2/c1-5-12-17-14(9(2)15(16)18-12)13-10(19-3)7-6-8-11(13)20-4/h6-8H,5H2,1-4H3,(H2,16,17,18). The zero-order chi connectivity index (χ0) is 14.7. The molecule has 2 rings (SSSR count). The SMILES string of the molecule is CCc1nc(N)c(C)c(-c2c(OC)cccc2OC)n1. The molecular formula is C15H19N3O2. The lowest BCUT2D eigenvalue weighted by Gasteiger charge is -2.15. The molecule has 0 aliphatic carbocycles. The van der Waals surface area contributed by atoms with Crippen LogP contribution in [0.15, 0.2) is 18.2 Å². The molecule has 0 aliphatic heterocycles. The normalized spacial score (nSPS) is 10.4. The van der Waals surface area contributed by atoms with Crippen molar-refractivity contribution in [1.29, 1.82) is 0 Å². The van der Waals surface area contributed by atoms with E-state index in [0.717, 1.165) is 23.2 Å². The molecule has 106 valence electrons. The summed E-state index contributed by atoms with van der Waals surface area (Å²) in [6.45, 7) is 3.89. The molecule has 0 saturated heterocycles. The van der Waals surface area contributed by atoms with Gasteiger partial charge in [0.15, 0.2) is 0 Å². The van der Waals surface area contributed by atoms with Gasteiger partial charge in [-0.25, -0.2) is 9.97 Å². The minimum Gasteiger partial charge on any atom is -0.496 e. The number of nitrogens with two attached hydrogens (primary N) is 1. The Morgan fingerprint density at radius 2 is 1.70 bits per heavy atom. The van der Waals surface area contributed by atoms with Gasteiger partial charge in [0.05, 0.1) is 25.5 Å². The Kier molecular flexibility index (Phi) is 4.08. The Morgan fingerprint density at radius 3 is 2.20 bits per heavy atom. The third kappa shape index (κ3) is 2.39. The quantitative estimate of drug-likeness (QED) is 0.927. The summed E-state index contributed by atoms with van der Waals surface area (Å²) in [4.78, 5) is 8.86. The van der Waals surface area contributed by atoms with Gasteiger partial charge in [-0.05, 0) is 19.1 Å². The van der Waals surface area contributed by atoms with Crippen molar-refractivity contribution in [3.63, 3.8) is 0 Å². The van der Waals surface area contributed by atoms with E-state index in [4.69, 9.17) is 15.2 Å². The first-order valence-corrected chi connectivity index (χ1v) is 6.46. The molecule has 2 aromatic rings. The monoisotopic (exact) mass is 273 g/mol. The van der Waals surface area contributed by atoms with Crippen LogP contribution in [-0.4, -0.2) is 24.2 Å². The van der Waals surface area contributed by atoms with E-state index in [1.54, 1.807) is 14.2 Å². The lowest BCUT2D eigenvalue weighted by atomic mass is 10.0. The van der Waals surface area contributed by atoms with Gasteiger partial charge in [0.25, 0.3) is 0 Å². The second-order valence-electron chi connectivity index (χ2n) is 4.39. The van der Waals surface area contributed by atoms with Crippen LogP contribution in [0.2, 0.25) is 0 Å². The molecule has 20 heavy (non-hydrogen) atoms. The number of benzene rings is 1. The van der Waals surface area contributed by atoms with Gasteiger partial charge in [-0.1, -0.05) is 13.0 Å². The van der Waals surface area contributed by atoms with Crippen molar-refractivity contribution in [2.24, 2.45) is 0 Å². The number of nitrogen functional groups attached to an aromatic ring is 1. The lowest BCUT2D eigenvalue weighted by molar-refractivity contribution is 0.397. The summed E-state index contributed by atoms with van der Waals surface area (Å²) in [5.74, 6) is 2.59. The molecule has 1 heterocycles. The van der Waals surface area contributed by atoms with Crippen molar-refractivity contribution >= 4 is 5.82 Å². The highest BCUT2D eigenvalue weighted by Gasteiger charge is 2.18. The molecule has 0 saturated carbocycles. The van der Waals surface area contributed by atoms with Crippen molar-refractivity contribution < 1.29 is 9.47 Å². The maximum Gasteiger partial charge on any atom is 0.132 e. The number of aryl methyl sites for hydroxylation is 1. The minimum absolute atomic E-state index is 0.486. The molecule has 0 aliphatic rings. The van der Waals surface area contributed by atoms with Gasteiger partial charge in [0, 0.05) is 12.0 Å². The van der Waals surface area contributed by atoms with Gasteiger partial charge in [-0.2, -0.15) is 0 Å². The number of ether oxygens (including phenoxy) is 2. The van der Waals surface area contributed by atoms with Crippen LogP contribution >= 0.6 is 0 Å². The predicted molar refractivity (Wildman–Crippen MR) is 79.1 cm³/mol. The highest BCUT2D eigenvalue weighted by molar-refractivity contribution is 5.78.